The minimum absolute atomic E-state index is 0.0402. The van der Waals surface area contributed by atoms with Gasteiger partial charge in [0.05, 0.1) is 4.92 Å². The van der Waals surface area contributed by atoms with E-state index in [1.54, 1.807) is 18.2 Å². The highest BCUT2D eigenvalue weighted by Gasteiger charge is 2.02. The van der Waals surface area contributed by atoms with E-state index in [-0.39, 0.29) is 11.5 Å². The van der Waals surface area contributed by atoms with Gasteiger partial charge in [0.15, 0.2) is 5.78 Å². The van der Waals surface area contributed by atoms with Gasteiger partial charge < -0.3 is 0 Å². The number of nitro groups is 1. The molecule has 2 aromatic rings. The first kappa shape index (κ1) is 19.6. The summed E-state index contributed by atoms with van der Waals surface area (Å²) in [5.41, 5.74) is 0.812. The van der Waals surface area contributed by atoms with Crippen LogP contribution in [0.4, 0.5) is 5.69 Å². The van der Waals surface area contributed by atoms with Crippen LogP contribution >= 0.6 is 11.6 Å². The Morgan fingerprint density at radius 2 is 1.54 bits per heavy atom. The van der Waals surface area contributed by atoms with E-state index >= 15 is 0 Å². The van der Waals surface area contributed by atoms with Gasteiger partial charge in [-0.05, 0) is 36.6 Å². The van der Waals surface area contributed by atoms with Crippen molar-refractivity contribution in [3.05, 3.63) is 82.4 Å². The largest absolute Gasteiger partial charge is 0.295 e. The van der Waals surface area contributed by atoms with E-state index in [9.17, 15) is 14.9 Å². The molecular weight excluding hydrogens is 326 g/mol. The number of alkyl halides is 1. The summed E-state index contributed by atoms with van der Waals surface area (Å²) in [6.07, 6.45) is 5.25. The number of carbonyl (C=O) groups is 1. The number of carbonyl (C=O) groups excluding carboxylic acids is 1. The smallest absolute Gasteiger partial charge is 0.269 e. The number of halogens is 1. The molecule has 0 fully saturated rings. The zero-order valence-electron chi connectivity index (χ0n) is 13.3. The third-order valence-corrected chi connectivity index (χ3v) is 3.31. The second kappa shape index (κ2) is 12.0. The maximum Gasteiger partial charge on any atom is 0.269 e. The van der Waals surface area contributed by atoms with Gasteiger partial charge in [0.25, 0.3) is 5.69 Å². The van der Waals surface area contributed by atoms with Crippen molar-refractivity contribution >= 4 is 29.1 Å². The van der Waals surface area contributed by atoms with Gasteiger partial charge >= 0.3 is 0 Å². The number of hydrogen-bond donors (Lipinski definition) is 0. The Kier molecular flexibility index (Phi) is 9.81. The summed E-state index contributed by atoms with van der Waals surface area (Å²) >= 11 is 5.51. The lowest BCUT2D eigenvalue weighted by atomic mass is 10.1. The Bertz CT molecular complexity index is 613. The molecule has 5 heteroatoms. The predicted molar refractivity (Wildman–Crippen MR) is 98.2 cm³/mol. The Balaban J connectivity index is 0.000000400. The lowest BCUT2D eigenvalue weighted by Gasteiger charge is -1.95. The Morgan fingerprint density at radius 3 is 2.00 bits per heavy atom. The molecule has 2 rings (SSSR count). The maximum atomic E-state index is 11.4. The predicted octanol–water partition coefficient (Wildman–Crippen LogP) is 5.27. The van der Waals surface area contributed by atoms with Gasteiger partial charge in [0, 0.05) is 24.4 Å². The second-order valence-corrected chi connectivity index (χ2v) is 5.33. The van der Waals surface area contributed by atoms with Crippen molar-refractivity contribution < 1.29 is 9.72 Å². The SMILES string of the molecule is O=C(/C=C/c1ccc([N+](=O)[O-])cc1)CCCCCl.c1ccccc1. The molecule has 0 bridgehead atoms. The summed E-state index contributed by atoms with van der Waals surface area (Å²) < 4.78 is 0. The monoisotopic (exact) mass is 345 g/mol. The number of non-ortho nitro benzene ring substituents is 1. The maximum absolute atomic E-state index is 11.4. The van der Waals surface area contributed by atoms with E-state index in [1.807, 2.05) is 36.4 Å². The molecule has 4 nitrogen and oxygen atoms in total. The van der Waals surface area contributed by atoms with Gasteiger partial charge in [0.1, 0.15) is 0 Å². The first-order chi connectivity index (χ1) is 11.6. The summed E-state index contributed by atoms with van der Waals surface area (Å²) in [6.45, 7) is 0. The molecule has 0 spiro atoms. The zero-order chi connectivity index (χ0) is 17.6. The van der Waals surface area contributed by atoms with E-state index < -0.39 is 4.92 Å². The van der Waals surface area contributed by atoms with Crippen LogP contribution in [0.25, 0.3) is 6.08 Å². The summed E-state index contributed by atoms with van der Waals surface area (Å²) in [5, 5.41) is 10.4. The first-order valence-corrected chi connectivity index (χ1v) is 8.18. The molecule has 0 amide bonds. The van der Waals surface area contributed by atoms with Crippen LogP contribution in [-0.2, 0) is 4.79 Å². The highest BCUT2D eigenvalue weighted by atomic mass is 35.5. The molecule has 2 aromatic carbocycles. The van der Waals surface area contributed by atoms with Gasteiger partial charge in [-0.25, -0.2) is 0 Å². The third kappa shape index (κ3) is 8.86. The number of hydrogen-bond acceptors (Lipinski definition) is 3. The van der Waals surface area contributed by atoms with Gasteiger partial charge in [-0.2, -0.15) is 0 Å². The number of benzene rings is 2. The van der Waals surface area contributed by atoms with Crippen LogP contribution < -0.4 is 0 Å². The fourth-order valence-corrected chi connectivity index (χ4v) is 1.95. The number of nitrogens with zero attached hydrogens (tertiary/aromatic N) is 1. The minimum Gasteiger partial charge on any atom is -0.295 e. The average molecular weight is 346 g/mol. The topological polar surface area (TPSA) is 60.2 Å². The van der Waals surface area contributed by atoms with Crippen LogP contribution in [0.2, 0.25) is 0 Å². The number of allylic oxidation sites excluding steroid dienone is 1. The molecule has 0 aliphatic carbocycles. The molecule has 0 aliphatic rings. The van der Waals surface area contributed by atoms with Crippen LogP contribution in [0.5, 0.6) is 0 Å². The van der Waals surface area contributed by atoms with Crippen molar-refractivity contribution in [2.45, 2.75) is 19.3 Å². The fraction of sp³-hybridized carbons (Fsp3) is 0.211. The van der Waals surface area contributed by atoms with Crippen LogP contribution in [0.1, 0.15) is 24.8 Å². The van der Waals surface area contributed by atoms with Crippen LogP contribution in [0.3, 0.4) is 0 Å². The number of ketones is 1. The van der Waals surface area contributed by atoms with Gasteiger partial charge in [-0.1, -0.05) is 42.5 Å². The highest BCUT2D eigenvalue weighted by molar-refractivity contribution is 6.17. The van der Waals surface area contributed by atoms with Crippen molar-refractivity contribution in [3.8, 4) is 0 Å². The molecule has 0 saturated carbocycles. The standard InChI is InChI=1S/C13H14ClNO3.C6H6/c14-10-2-1-3-13(16)9-6-11-4-7-12(8-5-11)15(17)18;1-2-4-6-5-3-1/h4-9H,1-3,10H2;1-6H/b9-6+;. The molecule has 126 valence electrons. The van der Waals surface area contributed by atoms with Crippen molar-refractivity contribution in [1.29, 1.82) is 0 Å². The molecular formula is C19H20ClNO3. The molecule has 0 aromatic heterocycles. The van der Waals surface area contributed by atoms with Crippen molar-refractivity contribution in [2.75, 3.05) is 5.88 Å². The average Bonchev–Trinajstić information content (AvgIpc) is 2.62. The Labute approximate surface area is 146 Å². The quantitative estimate of drug-likeness (QED) is 0.226. The molecule has 0 N–H and O–H groups in total. The van der Waals surface area contributed by atoms with Gasteiger partial charge in [-0.15, -0.1) is 11.6 Å². The summed E-state index contributed by atoms with van der Waals surface area (Å²) in [5.74, 6) is 0.609. The molecule has 24 heavy (non-hydrogen) atoms. The van der Waals surface area contributed by atoms with Gasteiger partial charge in [-0.3, -0.25) is 14.9 Å². The molecule has 0 heterocycles. The van der Waals surface area contributed by atoms with Crippen molar-refractivity contribution in [3.63, 3.8) is 0 Å². The van der Waals surface area contributed by atoms with E-state index in [4.69, 9.17) is 11.6 Å². The molecule has 0 unspecified atom stereocenters. The van der Waals surface area contributed by atoms with Gasteiger partial charge in [0.2, 0.25) is 0 Å². The summed E-state index contributed by atoms with van der Waals surface area (Å²) in [7, 11) is 0. The van der Waals surface area contributed by atoms with Crippen LogP contribution in [0.15, 0.2) is 66.7 Å². The minimum atomic E-state index is -0.454. The third-order valence-electron chi connectivity index (χ3n) is 3.04. The first-order valence-electron chi connectivity index (χ1n) is 7.65. The molecule has 0 radical (unpaired) electrons. The van der Waals surface area contributed by atoms with E-state index in [0.29, 0.717) is 12.3 Å². The lowest BCUT2D eigenvalue weighted by molar-refractivity contribution is -0.384. The lowest BCUT2D eigenvalue weighted by Crippen LogP contribution is -1.92. The summed E-state index contributed by atoms with van der Waals surface area (Å²) in [6, 6.07) is 18.1. The number of nitro benzene ring substituents is 1. The normalized spacial score (nSPS) is 10.0. The number of unbranched alkanes of at least 4 members (excludes halogenated alkanes) is 1. The zero-order valence-corrected chi connectivity index (χ0v) is 14.1. The second-order valence-electron chi connectivity index (χ2n) is 4.95. The van der Waals surface area contributed by atoms with Crippen molar-refractivity contribution in [2.24, 2.45) is 0 Å². The van der Waals surface area contributed by atoms with E-state index in [0.717, 1.165) is 18.4 Å². The van der Waals surface area contributed by atoms with E-state index in [1.165, 1.54) is 18.2 Å². The van der Waals surface area contributed by atoms with Crippen LogP contribution in [0, 0.1) is 10.1 Å². The highest BCUT2D eigenvalue weighted by Crippen LogP contribution is 2.13. The number of rotatable bonds is 7. The molecule has 0 aliphatic heterocycles. The van der Waals surface area contributed by atoms with Crippen LogP contribution in [-0.4, -0.2) is 16.6 Å². The summed E-state index contributed by atoms with van der Waals surface area (Å²) in [4.78, 5) is 21.4. The van der Waals surface area contributed by atoms with E-state index in [2.05, 4.69) is 0 Å². The van der Waals surface area contributed by atoms with Crippen molar-refractivity contribution in [1.82, 2.24) is 0 Å². The molecule has 0 atom stereocenters. The fourth-order valence-electron chi connectivity index (χ4n) is 1.76. The Morgan fingerprint density at radius 1 is 1.00 bits per heavy atom. The molecule has 0 saturated heterocycles. The Hall–Kier alpha value is -2.46.